The Kier molecular flexibility index (Phi) is 3.40. The van der Waals surface area contributed by atoms with Gasteiger partial charge in [-0.1, -0.05) is 23.8 Å². The van der Waals surface area contributed by atoms with Crippen molar-refractivity contribution in [3.05, 3.63) is 22.6 Å². The number of halogens is 3. The lowest BCUT2D eigenvalue weighted by atomic mass is 9.95. The van der Waals surface area contributed by atoms with E-state index in [0.717, 1.165) is 16.9 Å². The zero-order chi connectivity index (χ0) is 10.1. The summed E-state index contributed by atoms with van der Waals surface area (Å²) in [6, 6.07) is 0. The monoisotopic (exact) mass is 226 g/mol. The summed E-state index contributed by atoms with van der Waals surface area (Å²) in [5.74, 6) is -0.0590. The minimum atomic E-state index is -4.20. The van der Waals surface area contributed by atoms with Crippen molar-refractivity contribution in [2.24, 2.45) is 5.92 Å². The summed E-state index contributed by atoms with van der Waals surface area (Å²) in [5, 5.41) is 0. The highest BCUT2D eigenvalue weighted by atomic mass is 33.1. The highest BCUT2D eigenvalue weighted by Gasteiger charge is 2.35. The molecule has 0 aromatic carbocycles. The topological polar surface area (TPSA) is 0 Å². The number of hydrogen-bond acceptors (Lipinski definition) is 2. The Morgan fingerprint density at radius 1 is 1.54 bits per heavy atom. The Morgan fingerprint density at radius 3 is 2.62 bits per heavy atom. The molecule has 0 fully saturated rings. The first-order valence-electron chi connectivity index (χ1n) is 3.74. The molecule has 0 N–H and O–H groups in total. The van der Waals surface area contributed by atoms with Crippen LogP contribution >= 0.6 is 22.5 Å². The van der Waals surface area contributed by atoms with Gasteiger partial charge in [0.1, 0.15) is 0 Å². The number of allylic oxidation sites excluding steroid dienone is 3. The zero-order valence-corrected chi connectivity index (χ0v) is 8.64. The summed E-state index contributed by atoms with van der Waals surface area (Å²) in [6.07, 6.45) is -1.16. The van der Waals surface area contributed by atoms with Crippen molar-refractivity contribution >= 4 is 22.5 Å². The fourth-order valence-corrected chi connectivity index (χ4v) is 2.05. The molecule has 1 aliphatic rings. The first-order valence-corrected chi connectivity index (χ1v) is 5.61. The molecule has 1 aliphatic carbocycles. The van der Waals surface area contributed by atoms with Crippen LogP contribution in [0.2, 0.25) is 0 Å². The largest absolute Gasteiger partial charge is 0.412 e. The van der Waals surface area contributed by atoms with E-state index in [0.29, 0.717) is 4.91 Å². The average Bonchev–Trinajstić information content (AvgIpc) is 2.01. The fraction of sp³-hybridized carbons (Fsp3) is 0.500. The third-order valence-electron chi connectivity index (χ3n) is 1.78. The molecule has 0 saturated carbocycles. The Hall–Kier alpha value is -0.0300. The van der Waals surface area contributed by atoms with Crippen LogP contribution in [-0.4, -0.2) is 6.18 Å². The summed E-state index contributed by atoms with van der Waals surface area (Å²) in [6.45, 7) is 1.77. The molecule has 5 heteroatoms. The van der Waals surface area contributed by atoms with Gasteiger partial charge < -0.3 is 0 Å². The van der Waals surface area contributed by atoms with Gasteiger partial charge in [-0.2, -0.15) is 13.2 Å². The molecule has 1 rings (SSSR count). The summed E-state index contributed by atoms with van der Waals surface area (Å²) in [7, 11) is 1.05. The van der Waals surface area contributed by atoms with E-state index in [1.54, 1.807) is 13.0 Å². The van der Waals surface area contributed by atoms with Crippen molar-refractivity contribution in [1.82, 2.24) is 0 Å². The van der Waals surface area contributed by atoms with Gasteiger partial charge in [-0.3, -0.25) is 0 Å². The molecule has 0 aliphatic heterocycles. The highest BCUT2D eigenvalue weighted by molar-refractivity contribution is 8.70. The Bertz CT molecular complexity index is 253. The van der Waals surface area contributed by atoms with Gasteiger partial charge in [0.05, 0.1) is 0 Å². The minimum absolute atomic E-state index is 0.0590. The molecule has 0 amide bonds. The van der Waals surface area contributed by atoms with Crippen LogP contribution in [0.25, 0.3) is 0 Å². The van der Waals surface area contributed by atoms with Crippen molar-refractivity contribution in [3.8, 4) is 0 Å². The Morgan fingerprint density at radius 2 is 2.15 bits per heavy atom. The summed E-state index contributed by atoms with van der Waals surface area (Å²) < 4.78 is 36.9. The molecule has 0 aromatic heterocycles. The highest BCUT2D eigenvalue weighted by Crippen LogP contribution is 2.38. The van der Waals surface area contributed by atoms with Crippen LogP contribution in [0.5, 0.6) is 0 Å². The van der Waals surface area contributed by atoms with Crippen molar-refractivity contribution in [1.29, 1.82) is 0 Å². The van der Waals surface area contributed by atoms with E-state index in [1.807, 2.05) is 0 Å². The number of hydrogen-bond donors (Lipinski definition) is 1. The van der Waals surface area contributed by atoms with Crippen LogP contribution < -0.4 is 0 Å². The molecule has 13 heavy (non-hydrogen) atoms. The van der Waals surface area contributed by atoms with Crippen molar-refractivity contribution < 1.29 is 13.2 Å². The van der Waals surface area contributed by atoms with Gasteiger partial charge in [0.25, 0.3) is 0 Å². The van der Waals surface area contributed by atoms with Crippen LogP contribution in [0.4, 0.5) is 13.2 Å². The van der Waals surface area contributed by atoms with Crippen LogP contribution in [0.15, 0.2) is 22.6 Å². The lowest BCUT2D eigenvalue weighted by molar-refractivity contribution is -0.0949. The molecule has 74 valence electrons. The maximum atomic E-state index is 12.3. The van der Waals surface area contributed by atoms with Gasteiger partial charge in [-0.25, -0.2) is 0 Å². The third kappa shape index (κ3) is 2.98. The van der Waals surface area contributed by atoms with Gasteiger partial charge in [0.15, 0.2) is 0 Å². The molecule has 1 atom stereocenters. The normalized spacial score (nSPS) is 23.9. The van der Waals surface area contributed by atoms with E-state index in [4.69, 9.17) is 0 Å². The maximum Gasteiger partial charge on any atom is 0.412 e. The molecule has 0 spiro atoms. The second kappa shape index (κ2) is 4.00. The maximum absolute atomic E-state index is 12.3. The minimum Gasteiger partial charge on any atom is -0.166 e. The second-order valence-corrected chi connectivity index (χ2v) is 4.21. The van der Waals surface area contributed by atoms with Gasteiger partial charge in [-0.15, -0.1) is 11.7 Å². The molecule has 0 heterocycles. The van der Waals surface area contributed by atoms with Crippen LogP contribution in [0, 0.1) is 5.92 Å². The number of rotatable bonds is 1. The van der Waals surface area contributed by atoms with Gasteiger partial charge in [-0.05, 0) is 18.4 Å². The number of thiol groups is 1. The predicted octanol–water partition coefficient (Wildman–Crippen LogP) is 3.98. The standard InChI is InChI=1S/C8H9F3S2/c1-5-2-6(8(9,10)11)4-7(3-5)13-12/h3-5,12H,2H2,1H3. The molecule has 0 bridgehead atoms. The zero-order valence-electron chi connectivity index (χ0n) is 6.93. The second-order valence-electron chi connectivity index (χ2n) is 3.01. The quantitative estimate of drug-likeness (QED) is 0.521. The Balaban J connectivity index is 2.89. The van der Waals surface area contributed by atoms with Crippen LogP contribution in [0.3, 0.4) is 0 Å². The van der Waals surface area contributed by atoms with E-state index in [-0.39, 0.29) is 12.3 Å². The molecule has 0 radical (unpaired) electrons. The molecule has 0 nitrogen and oxygen atoms in total. The van der Waals surface area contributed by atoms with Crippen molar-refractivity contribution in [2.45, 2.75) is 19.5 Å². The Labute approximate surface area is 84.1 Å². The van der Waals surface area contributed by atoms with E-state index >= 15 is 0 Å². The molecular formula is C8H9F3S2. The first kappa shape index (κ1) is 11.0. The van der Waals surface area contributed by atoms with Gasteiger partial charge in [0, 0.05) is 10.5 Å². The van der Waals surface area contributed by atoms with Crippen LogP contribution in [-0.2, 0) is 0 Å². The predicted molar refractivity (Wildman–Crippen MR) is 52.6 cm³/mol. The smallest absolute Gasteiger partial charge is 0.166 e. The van der Waals surface area contributed by atoms with Crippen molar-refractivity contribution in [2.75, 3.05) is 0 Å². The molecule has 1 unspecified atom stereocenters. The SMILES string of the molecule is CC1C=C(SS)C=C(C(F)(F)F)C1. The van der Waals surface area contributed by atoms with Crippen molar-refractivity contribution in [3.63, 3.8) is 0 Å². The summed E-state index contributed by atoms with van der Waals surface area (Å²) >= 11 is 3.88. The van der Waals surface area contributed by atoms with E-state index in [2.05, 4.69) is 11.7 Å². The van der Waals surface area contributed by atoms with E-state index < -0.39 is 11.7 Å². The van der Waals surface area contributed by atoms with Crippen LogP contribution in [0.1, 0.15) is 13.3 Å². The fourth-order valence-electron chi connectivity index (χ4n) is 1.22. The van der Waals surface area contributed by atoms with E-state index in [1.165, 1.54) is 0 Å². The van der Waals surface area contributed by atoms with Gasteiger partial charge >= 0.3 is 6.18 Å². The van der Waals surface area contributed by atoms with Gasteiger partial charge in [0.2, 0.25) is 0 Å². The van der Waals surface area contributed by atoms with E-state index in [9.17, 15) is 13.2 Å². The lowest BCUT2D eigenvalue weighted by Gasteiger charge is -2.19. The molecule has 0 aromatic rings. The number of alkyl halides is 3. The third-order valence-corrected chi connectivity index (χ3v) is 2.87. The molecule has 0 saturated heterocycles. The summed E-state index contributed by atoms with van der Waals surface area (Å²) in [4.78, 5) is 0.578. The first-order chi connectivity index (χ1) is 5.93. The average molecular weight is 226 g/mol. The summed E-state index contributed by atoms with van der Waals surface area (Å²) in [5.41, 5.74) is -0.459. The lowest BCUT2D eigenvalue weighted by Crippen LogP contribution is -2.16. The molecular weight excluding hydrogens is 217 g/mol.